The number of carbonyl (C=O) groups is 3. The van der Waals surface area contributed by atoms with Crippen LogP contribution in [-0.2, 0) is 14.4 Å². The van der Waals surface area contributed by atoms with E-state index >= 15 is 0 Å². The number of aliphatic imine (C=N–C) groups is 1. The lowest BCUT2D eigenvalue weighted by atomic mass is 9.94. The number of nitrogens with zero attached hydrogens (tertiary/aromatic N) is 1. The lowest BCUT2D eigenvalue weighted by Crippen LogP contribution is -2.58. The molecule has 0 unspecified atom stereocenters. The van der Waals surface area contributed by atoms with E-state index in [9.17, 15) is 14.4 Å². The second-order valence-electron chi connectivity index (χ2n) is 9.51. The van der Waals surface area contributed by atoms with Gasteiger partial charge < -0.3 is 38.5 Å². The van der Waals surface area contributed by atoms with Crippen molar-refractivity contribution in [3.8, 4) is 0 Å². The first-order valence-electron chi connectivity index (χ1n) is 12.7. The number of nitrogens with one attached hydrogen (secondary N) is 4. The second-order valence-corrected chi connectivity index (χ2v) is 9.51. The second kappa shape index (κ2) is 14.4. The van der Waals surface area contributed by atoms with Crippen molar-refractivity contribution in [1.82, 2.24) is 21.3 Å². The minimum atomic E-state index is -1.16. The Kier molecular flexibility index (Phi) is 11.6. The van der Waals surface area contributed by atoms with E-state index in [0.29, 0.717) is 58.2 Å². The standard InChI is InChI=1S/C25H42N8O3/c1-3-18-16-31-20(17-10-5-4-6-11-17)22(35)29-14-8-7-13-25(2,28)23(36)33-19(21(34)32-18)12-9-15-30-24(26)27/h4-6,10-11,18-20,31H,3,7-9,12-16,28H2,1-2H3,(H,29,35)(H,32,34)(H,33,36)(H4,26,27,30)/t18-,19-,20+,25+/m0/s1. The maximum absolute atomic E-state index is 13.2. The van der Waals surface area contributed by atoms with Crippen LogP contribution in [0.1, 0.15) is 64.0 Å². The van der Waals surface area contributed by atoms with Crippen molar-refractivity contribution >= 4 is 23.7 Å². The molecule has 0 radical (unpaired) electrons. The Labute approximate surface area is 213 Å². The van der Waals surface area contributed by atoms with E-state index in [1.165, 1.54) is 0 Å². The molecule has 1 heterocycles. The van der Waals surface area contributed by atoms with Gasteiger partial charge in [0.1, 0.15) is 12.1 Å². The van der Waals surface area contributed by atoms with Crippen LogP contribution in [0.5, 0.6) is 0 Å². The molecule has 1 aliphatic rings. The first kappa shape index (κ1) is 29.1. The summed E-state index contributed by atoms with van der Waals surface area (Å²) in [6.45, 7) is 4.80. The van der Waals surface area contributed by atoms with Gasteiger partial charge in [0.05, 0.1) is 5.54 Å². The molecule has 0 bridgehead atoms. The zero-order valence-corrected chi connectivity index (χ0v) is 21.4. The van der Waals surface area contributed by atoms with E-state index in [0.717, 1.165) is 5.56 Å². The van der Waals surface area contributed by atoms with Crippen LogP contribution in [0.15, 0.2) is 35.3 Å². The molecule has 1 aliphatic heterocycles. The summed E-state index contributed by atoms with van der Waals surface area (Å²) < 4.78 is 0. The van der Waals surface area contributed by atoms with Crippen molar-refractivity contribution in [2.45, 2.75) is 76.0 Å². The molecule has 2 rings (SSSR count). The van der Waals surface area contributed by atoms with Gasteiger partial charge in [-0.05, 0) is 51.0 Å². The third-order valence-corrected chi connectivity index (χ3v) is 6.31. The molecule has 11 nitrogen and oxygen atoms in total. The van der Waals surface area contributed by atoms with Crippen molar-refractivity contribution in [1.29, 1.82) is 0 Å². The summed E-state index contributed by atoms with van der Waals surface area (Å²) in [6, 6.07) is 7.88. The number of rotatable bonds is 6. The van der Waals surface area contributed by atoms with Crippen molar-refractivity contribution in [2.75, 3.05) is 19.6 Å². The molecule has 36 heavy (non-hydrogen) atoms. The first-order valence-corrected chi connectivity index (χ1v) is 12.7. The monoisotopic (exact) mass is 502 g/mol. The van der Waals surface area contributed by atoms with Crippen LogP contribution in [0.25, 0.3) is 0 Å². The van der Waals surface area contributed by atoms with E-state index in [1.807, 2.05) is 37.3 Å². The van der Waals surface area contributed by atoms with Gasteiger partial charge in [-0.25, -0.2) is 0 Å². The molecule has 0 aromatic heterocycles. The maximum atomic E-state index is 13.2. The predicted octanol–water partition coefficient (Wildman–Crippen LogP) is -0.232. The molecule has 1 aromatic carbocycles. The Morgan fingerprint density at radius 2 is 1.81 bits per heavy atom. The number of nitrogens with two attached hydrogens (primary N) is 3. The van der Waals surface area contributed by atoms with Crippen LogP contribution in [-0.4, -0.2) is 60.9 Å². The van der Waals surface area contributed by atoms with Crippen molar-refractivity contribution in [3.63, 3.8) is 0 Å². The highest BCUT2D eigenvalue weighted by molar-refractivity contribution is 5.91. The Bertz CT molecular complexity index is 887. The van der Waals surface area contributed by atoms with Crippen molar-refractivity contribution in [3.05, 3.63) is 35.9 Å². The molecule has 4 atom stereocenters. The van der Waals surface area contributed by atoms with E-state index in [4.69, 9.17) is 17.2 Å². The molecular weight excluding hydrogens is 460 g/mol. The van der Waals surface area contributed by atoms with Crippen LogP contribution in [0.3, 0.4) is 0 Å². The molecule has 10 N–H and O–H groups in total. The Morgan fingerprint density at radius 1 is 1.08 bits per heavy atom. The van der Waals surface area contributed by atoms with E-state index in [1.54, 1.807) is 6.92 Å². The van der Waals surface area contributed by atoms with Crippen molar-refractivity contribution < 1.29 is 14.4 Å². The average Bonchev–Trinajstić information content (AvgIpc) is 2.84. The van der Waals surface area contributed by atoms with Gasteiger partial charge in [-0.3, -0.25) is 19.4 Å². The molecule has 1 saturated heterocycles. The SMILES string of the molecule is CC[C@H]1CN[C@H](c2ccccc2)C(=O)NCCCC[C@@](C)(N)C(=O)N[C@@H](CCCN=C(N)N)C(=O)N1. The molecule has 1 aromatic rings. The van der Waals surface area contributed by atoms with Crippen LogP contribution < -0.4 is 38.5 Å². The molecule has 200 valence electrons. The Morgan fingerprint density at radius 3 is 2.47 bits per heavy atom. The van der Waals surface area contributed by atoms with Gasteiger partial charge in [0, 0.05) is 25.7 Å². The topological polar surface area (TPSA) is 190 Å². The number of benzene rings is 1. The number of hydrogen-bond acceptors (Lipinski definition) is 6. The van der Waals surface area contributed by atoms with Crippen LogP contribution >= 0.6 is 0 Å². The third-order valence-electron chi connectivity index (χ3n) is 6.31. The minimum Gasteiger partial charge on any atom is -0.370 e. The van der Waals surface area contributed by atoms with E-state index in [-0.39, 0.29) is 23.8 Å². The smallest absolute Gasteiger partial charge is 0.242 e. The summed E-state index contributed by atoms with van der Waals surface area (Å²) in [4.78, 5) is 43.2. The molecule has 0 aliphatic carbocycles. The van der Waals surface area contributed by atoms with Crippen molar-refractivity contribution in [2.24, 2.45) is 22.2 Å². The van der Waals surface area contributed by atoms with Gasteiger partial charge in [0.25, 0.3) is 0 Å². The lowest BCUT2D eigenvalue weighted by Gasteiger charge is -2.29. The summed E-state index contributed by atoms with van der Waals surface area (Å²) in [7, 11) is 0. The van der Waals surface area contributed by atoms with Crippen LogP contribution in [0, 0.1) is 0 Å². The molecular formula is C25H42N8O3. The van der Waals surface area contributed by atoms with Gasteiger partial charge in [-0.1, -0.05) is 37.3 Å². The van der Waals surface area contributed by atoms with Gasteiger partial charge in [0.15, 0.2) is 5.96 Å². The predicted molar refractivity (Wildman–Crippen MR) is 141 cm³/mol. The fraction of sp³-hybridized carbons (Fsp3) is 0.600. The number of carbonyl (C=O) groups excluding carboxylic acids is 3. The quantitative estimate of drug-likeness (QED) is 0.159. The summed E-state index contributed by atoms with van der Waals surface area (Å²) in [6.07, 6.45) is 3.21. The fourth-order valence-electron chi connectivity index (χ4n) is 4.01. The first-order chi connectivity index (χ1) is 17.1. The Balaban J connectivity index is 2.23. The molecule has 3 amide bonds. The van der Waals surface area contributed by atoms with Gasteiger partial charge in [-0.2, -0.15) is 0 Å². The largest absolute Gasteiger partial charge is 0.370 e. The van der Waals surface area contributed by atoms with Gasteiger partial charge >= 0.3 is 0 Å². The summed E-state index contributed by atoms with van der Waals surface area (Å²) >= 11 is 0. The molecule has 11 heteroatoms. The third kappa shape index (κ3) is 9.46. The highest BCUT2D eigenvalue weighted by Gasteiger charge is 2.32. The molecule has 0 saturated carbocycles. The number of hydrogen-bond donors (Lipinski definition) is 7. The van der Waals surface area contributed by atoms with E-state index < -0.39 is 23.5 Å². The number of amides is 3. The Hall–Kier alpha value is -3.18. The normalized spacial score (nSPS) is 26.9. The zero-order chi connectivity index (χ0) is 26.6. The fourth-order valence-corrected chi connectivity index (χ4v) is 4.01. The average molecular weight is 503 g/mol. The lowest BCUT2D eigenvalue weighted by molar-refractivity contribution is -0.132. The minimum absolute atomic E-state index is 0.0230. The highest BCUT2D eigenvalue weighted by atomic mass is 16.2. The van der Waals surface area contributed by atoms with Crippen LogP contribution in [0.4, 0.5) is 0 Å². The maximum Gasteiger partial charge on any atom is 0.242 e. The summed E-state index contributed by atoms with van der Waals surface area (Å²) in [5, 5.41) is 12.1. The summed E-state index contributed by atoms with van der Waals surface area (Å²) in [5.74, 6) is -0.869. The zero-order valence-electron chi connectivity index (χ0n) is 21.4. The highest BCUT2D eigenvalue weighted by Crippen LogP contribution is 2.15. The summed E-state index contributed by atoms with van der Waals surface area (Å²) in [5.41, 5.74) is 16.8. The molecule has 0 spiro atoms. The van der Waals surface area contributed by atoms with Gasteiger partial charge in [-0.15, -0.1) is 0 Å². The van der Waals surface area contributed by atoms with E-state index in [2.05, 4.69) is 26.3 Å². The number of guanidine groups is 1. The van der Waals surface area contributed by atoms with Gasteiger partial charge in [0.2, 0.25) is 17.7 Å². The van der Waals surface area contributed by atoms with Crippen LogP contribution in [0.2, 0.25) is 0 Å². The molecule has 1 fully saturated rings.